The second-order valence-electron chi connectivity index (χ2n) is 4.55. The summed E-state index contributed by atoms with van der Waals surface area (Å²) in [6, 6.07) is 3.72. The average molecular weight is 251 g/mol. The molecule has 2 rings (SSSR count). The molecule has 2 atom stereocenters. The Hall–Kier alpha value is -1.20. The van der Waals surface area contributed by atoms with Gasteiger partial charge in [0.15, 0.2) is 0 Å². The van der Waals surface area contributed by atoms with Gasteiger partial charge in [0.05, 0.1) is 6.10 Å². The highest BCUT2D eigenvalue weighted by molar-refractivity contribution is 7.80. The van der Waals surface area contributed by atoms with Crippen LogP contribution in [0.15, 0.2) is 18.3 Å². The summed E-state index contributed by atoms with van der Waals surface area (Å²) in [6.07, 6.45) is 2.30. The van der Waals surface area contributed by atoms with Crippen LogP contribution in [0, 0.1) is 5.92 Å². The van der Waals surface area contributed by atoms with Gasteiger partial charge in [0, 0.05) is 24.8 Å². The molecule has 1 aromatic rings. The summed E-state index contributed by atoms with van der Waals surface area (Å²) in [5, 5.41) is 9.70. The van der Waals surface area contributed by atoms with E-state index in [9.17, 15) is 5.11 Å². The molecule has 1 aliphatic heterocycles. The summed E-state index contributed by atoms with van der Waals surface area (Å²) in [4.78, 5) is 6.89. The predicted molar refractivity (Wildman–Crippen MR) is 72.1 cm³/mol. The Morgan fingerprint density at radius 1 is 1.65 bits per heavy atom. The second-order valence-corrected chi connectivity index (χ2v) is 4.99. The SMILES string of the molecule is CC1CN(c2cc(C(N)=S)ccn2)CCC1O. The van der Waals surface area contributed by atoms with E-state index in [-0.39, 0.29) is 12.0 Å². The van der Waals surface area contributed by atoms with Crippen molar-refractivity contribution in [2.24, 2.45) is 11.7 Å². The lowest BCUT2D eigenvalue weighted by molar-refractivity contribution is 0.0969. The Bertz CT molecular complexity index is 424. The van der Waals surface area contributed by atoms with Crippen LogP contribution in [0.1, 0.15) is 18.9 Å². The topological polar surface area (TPSA) is 62.4 Å². The number of aliphatic hydroxyl groups excluding tert-OH is 1. The summed E-state index contributed by atoms with van der Waals surface area (Å²) in [6.45, 7) is 3.68. The molecule has 1 saturated heterocycles. The van der Waals surface area contributed by atoms with Gasteiger partial charge >= 0.3 is 0 Å². The number of nitrogens with zero attached hydrogens (tertiary/aromatic N) is 2. The second kappa shape index (κ2) is 4.98. The van der Waals surface area contributed by atoms with Gasteiger partial charge in [-0.15, -0.1) is 0 Å². The number of hydrogen-bond acceptors (Lipinski definition) is 4. The molecular weight excluding hydrogens is 234 g/mol. The van der Waals surface area contributed by atoms with E-state index in [0.717, 1.165) is 30.9 Å². The summed E-state index contributed by atoms with van der Waals surface area (Å²) in [7, 11) is 0. The van der Waals surface area contributed by atoms with Crippen LogP contribution < -0.4 is 10.6 Å². The number of hydrogen-bond donors (Lipinski definition) is 2. The van der Waals surface area contributed by atoms with E-state index in [1.807, 2.05) is 19.1 Å². The van der Waals surface area contributed by atoms with Crippen molar-refractivity contribution in [3.8, 4) is 0 Å². The van der Waals surface area contributed by atoms with E-state index < -0.39 is 0 Å². The third kappa shape index (κ3) is 2.73. The Balaban J connectivity index is 2.17. The van der Waals surface area contributed by atoms with Gasteiger partial charge in [-0.25, -0.2) is 4.98 Å². The molecule has 92 valence electrons. The summed E-state index contributed by atoms with van der Waals surface area (Å²) in [5.74, 6) is 1.15. The van der Waals surface area contributed by atoms with Crippen LogP contribution in [0.2, 0.25) is 0 Å². The zero-order valence-corrected chi connectivity index (χ0v) is 10.7. The molecule has 0 amide bonds. The number of aliphatic hydroxyl groups is 1. The minimum atomic E-state index is -0.204. The van der Waals surface area contributed by atoms with Crippen molar-refractivity contribution in [1.29, 1.82) is 0 Å². The van der Waals surface area contributed by atoms with Gasteiger partial charge in [-0.2, -0.15) is 0 Å². The quantitative estimate of drug-likeness (QED) is 0.765. The first kappa shape index (κ1) is 12.3. The number of piperidine rings is 1. The van der Waals surface area contributed by atoms with Gasteiger partial charge in [0.2, 0.25) is 0 Å². The highest BCUT2D eigenvalue weighted by Gasteiger charge is 2.24. The minimum Gasteiger partial charge on any atom is -0.393 e. The lowest BCUT2D eigenvalue weighted by Gasteiger charge is -2.35. The summed E-state index contributed by atoms with van der Waals surface area (Å²) in [5.41, 5.74) is 6.44. The van der Waals surface area contributed by atoms with Gasteiger partial charge in [-0.1, -0.05) is 19.1 Å². The normalized spacial score (nSPS) is 24.7. The maximum Gasteiger partial charge on any atom is 0.129 e. The van der Waals surface area contributed by atoms with E-state index in [0.29, 0.717) is 4.99 Å². The zero-order valence-electron chi connectivity index (χ0n) is 9.84. The highest BCUT2D eigenvalue weighted by atomic mass is 32.1. The molecule has 0 bridgehead atoms. The number of nitrogens with two attached hydrogens (primary N) is 1. The fourth-order valence-electron chi connectivity index (χ4n) is 2.09. The monoisotopic (exact) mass is 251 g/mol. The van der Waals surface area contributed by atoms with Crippen molar-refractivity contribution >= 4 is 23.0 Å². The van der Waals surface area contributed by atoms with Crippen LogP contribution in [-0.2, 0) is 0 Å². The van der Waals surface area contributed by atoms with E-state index in [4.69, 9.17) is 18.0 Å². The van der Waals surface area contributed by atoms with Crippen LogP contribution in [0.4, 0.5) is 5.82 Å². The van der Waals surface area contributed by atoms with Gasteiger partial charge in [0.25, 0.3) is 0 Å². The standard InChI is InChI=1S/C12H17N3OS/c1-8-7-15(5-3-10(8)16)11-6-9(12(13)17)2-4-14-11/h2,4,6,8,10,16H,3,5,7H2,1H3,(H2,13,17). The molecule has 2 heterocycles. The van der Waals surface area contributed by atoms with E-state index in [1.54, 1.807) is 6.20 Å². The van der Waals surface area contributed by atoms with Crippen LogP contribution in [0.25, 0.3) is 0 Å². The fraction of sp³-hybridized carbons (Fsp3) is 0.500. The lowest BCUT2D eigenvalue weighted by atomic mass is 9.97. The number of pyridine rings is 1. The van der Waals surface area contributed by atoms with E-state index >= 15 is 0 Å². The van der Waals surface area contributed by atoms with Crippen molar-refractivity contribution in [2.75, 3.05) is 18.0 Å². The first-order valence-electron chi connectivity index (χ1n) is 5.77. The molecule has 4 nitrogen and oxygen atoms in total. The first-order chi connectivity index (χ1) is 8.08. The van der Waals surface area contributed by atoms with Crippen LogP contribution in [0.3, 0.4) is 0 Å². The van der Waals surface area contributed by atoms with Crippen LogP contribution in [0.5, 0.6) is 0 Å². The molecule has 1 fully saturated rings. The predicted octanol–water partition coefficient (Wildman–Crippen LogP) is 0.923. The smallest absolute Gasteiger partial charge is 0.129 e. The van der Waals surface area contributed by atoms with Crippen molar-refractivity contribution in [3.63, 3.8) is 0 Å². The van der Waals surface area contributed by atoms with Gasteiger partial charge in [-0.05, 0) is 24.5 Å². The van der Waals surface area contributed by atoms with Crippen LogP contribution >= 0.6 is 12.2 Å². The third-order valence-electron chi connectivity index (χ3n) is 3.21. The molecule has 3 N–H and O–H groups in total. The Labute approximate surface area is 106 Å². The van der Waals surface area contributed by atoms with Crippen molar-refractivity contribution in [3.05, 3.63) is 23.9 Å². The van der Waals surface area contributed by atoms with E-state index in [1.165, 1.54) is 0 Å². The van der Waals surface area contributed by atoms with Crippen LogP contribution in [-0.4, -0.2) is 34.3 Å². The molecule has 1 aromatic heterocycles. The highest BCUT2D eigenvalue weighted by Crippen LogP contribution is 2.22. The molecule has 5 heteroatoms. The molecule has 0 radical (unpaired) electrons. The largest absolute Gasteiger partial charge is 0.393 e. The molecular formula is C12H17N3OS. The number of aromatic nitrogens is 1. The number of anilines is 1. The fourth-order valence-corrected chi connectivity index (χ4v) is 2.21. The van der Waals surface area contributed by atoms with Crippen molar-refractivity contribution < 1.29 is 5.11 Å². The number of rotatable bonds is 2. The van der Waals surface area contributed by atoms with Gasteiger partial charge in [-0.3, -0.25) is 0 Å². The van der Waals surface area contributed by atoms with E-state index in [2.05, 4.69) is 9.88 Å². The average Bonchev–Trinajstić information content (AvgIpc) is 2.33. The van der Waals surface area contributed by atoms with Gasteiger partial charge in [0.1, 0.15) is 10.8 Å². The molecule has 0 spiro atoms. The molecule has 0 aromatic carbocycles. The molecule has 0 aliphatic carbocycles. The van der Waals surface area contributed by atoms with Gasteiger partial charge < -0.3 is 15.7 Å². The molecule has 1 aliphatic rings. The molecule has 2 unspecified atom stereocenters. The molecule has 0 saturated carbocycles. The summed E-state index contributed by atoms with van der Waals surface area (Å²) >= 11 is 4.96. The Morgan fingerprint density at radius 2 is 2.41 bits per heavy atom. The first-order valence-corrected chi connectivity index (χ1v) is 6.17. The maximum absolute atomic E-state index is 9.70. The minimum absolute atomic E-state index is 0.204. The lowest BCUT2D eigenvalue weighted by Crippen LogP contribution is -2.42. The van der Waals surface area contributed by atoms with Crippen molar-refractivity contribution in [1.82, 2.24) is 4.98 Å². The third-order valence-corrected chi connectivity index (χ3v) is 3.45. The Morgan fingerprint density at radius 3 is 3.06 bits per heavy atom. The Kier molecular flexibility index (Phi) is 3.59. The number of thiocarbonyl (C=S) groups is 1. The zero-order chi connectivity index (χ0) is 12.4. The summed E-state index contributed by atoms with van der Waals surface area (Å²) < 4.78 is 0. The van der Waals surface area contributed by atoms with Crippen molar-refractivity contribution in [2.45, 2.75) is 19.4 Å². The molecule has 17 heavy (non-hydrogen) atoms. The maximum atomic E-state index is 9.70.